The Morgan fingerprint density at radius 2 is 1.83 bits per heavy atom. The molecule has 0 aliphatic carbocycles. The van der Waals surface area contributed by atoms with Crippen molar-refractivity contribution in [3.8, 4) is 0 Å². The van der Waals surface area contributed by atoms with E-state index in [4.69, 9.17) is 0 Å². The average Bonchev–Trinajstić information content (AvgIpc) is 2.06. The molecule has 12 heavy (non-hydrogen) atoms. The van der Waals surface area contributed by atoms with Gasteiger partial charge in [-0.05, 0) is 30.4 Å². The topological polar surface area (TPSA) is 3.24 Å². The molecule has 1 heteroatoms. The summed E-state index contributed by atoms with van der Waals surface area (Å²) in [7, 11) is 0. The summed E-state index contributed by atoms with van der Waals surface area (Å²) in [6, 6.07) is 0. The second-order valence-corrected chi connectivity index (χ2v) is 4.53. The number of likely N-dealkylation sites (tertiary alicyclic amines) is 1. The number of hydrogen-bond acceptors (Lipinski definition) is 1. The maximum Gasteiger partial charge on any atom is 0.0177 e. The minimum Gasteiger partial charge on any atom is -0.378 e. The smallest absolute Gasteiger partial charge is 0.0177 e. The van der Waals surface area contributed by atoms with Gasteiger partial charge in [-0.25, -0.2) is 0 Å². The Bertz CT molecular complexity index is 152. The highest BCUT2D eigenvalue weighted by atomic mass is 15.1. The number of rotatable bonds is 2. The summed E-state index contributed by atoms with van der Waals surface area (Å²) in [6.45, 7) is 13.3. The molecule has 0 aromatic heterocycles. The third-order valence-electron chi connectivity index (χ3n) is 3.59. The van der Waals surface area contributed by atoms with Crippen LogP contribution in [-0.2, 0) is 0 Å². The molecular formula is C11H21N. The van der Waals surface area contributed by atoms with Crippen LogP contribution in [0.3, 0.4) is 0 Å². The zero-order chi connectivity index (χ0) is 9.19. The van der Waals surface area contributed by atoms with Gasteiger partial charge in [0.05, 0.1) is 0 Å². The Labute approximate surface area is 76.5 Å². The molecule has 1 aliphatic heterocycles. The van der Waals surface area contributed by atoms with Crippen molar-refractivity contribution in [2.75, 3.05) is 13.1 Å². The second kappa shape index (κ2) is 3.51. The molecular weight excluding hydrogens is 146 g/mol. The third kappa shape index (κ3) is 1.82. The molecule has 0 atom stereocenters. The van der Waals surface area contributed by atoms with Crippen molar-refractivity contribution in [2.24, 2.45) is 11.3 Å². The minimum absolute atomic E-state index is 0.569. The standard InChI is InChI=1S/C11H21N/c1-5-12-8-6-11(4,7-9-12)10(2)3/h5,10H,1,6-9H2,2-4H3. The van der Waals surface area contributed by atoms with Gasteiger partial charge in [0, 0.05) is 13.1 Å². The molecule has 1 rings (SSSR count). The van der Waals surface area contributed by atoms with Crippen LogP contribution < -0.4 is 0 Å². The Morgan fingerprint density at radius 1 is 1.33 bits per heavy atom. The lowest BCUT2D eigenvalue weighted by molar-refractivity contribution is 0.103. The molecule has 0 aromatic carbocycles. The van der Waals surface area contributed by atoms with Crippen molar-refractivity contribution in [3.63, 3.8) is 0 Å². The SMILES string of the molecule is C=CN1CCC(C)(C(C)C)CC1. The van der Waals surface area contributed by atoms with E-state index in [0.29, 0.717) is 5.41 Å². The molecule has 0 unspecified atom stereocenters. The van der Waals surface area contributed by atoms with E-state index in [1.165, 1.54) is 25.9 Å². The predicted molar refractivity (Wildman–Crippen MR) is 53.9 cm³/mol. The Balaban J connectivity index is 2.49. The Hall–Kier alpha value is -0.460. The van der Waals surface area contributed by atoms with E-state index in [9.17, 15) is 0 Å². The number of hydrogen-bond donors (Lipinski definition) is 0. The molecule has 1 saturated heterocycles. The van der Waals surface area contributed by atoms with E-state index in [1.807, 2.05) is 6.20 Å². The van der Waals surface area contributed by atoms with Crippen LogP contribution in [0.2, 0.25) is 0 Å². The molecule has 0 bridgehead atoms. The predicted octanol–water partition coefficient (Wildman–Crippen LogP) is 2.89. The van der Waals surface area contributed by atoms with E-state index < -0.39 is 0 Å². The molecule has 0 saturated carbocycles. The number of piperidine rings is 1. The Kier molecular flexibility index (Phi) is 2.81. The zero-order valence-corrected chi connectivity index (χ0v) is 8.64. The molecule has 0 aromatic rings. The lowest BCUT2D eigenvalue weighted by Gasteiger charge is -2.41. The molecule has 1 aliphatic rings. The van der Waals surface area contributed by atoms with Gasteiger partial charge in [-0.2, -0.15) is 0 Å². The summed E-state index contributed by atoms with van der Waals surface area (Å²) in [5, 5.41) is 0. The molecule has 0 amide bonds. The van der Waals surface area contributed by atoms with Gasteiger partial charge in [0.15, 0.2) is 0 Å². The molecule has 0 N–H and O–H groups in total. The molecule has 0 spiro atoms. The maximum absolute atomic E-state index is 3.80. The summed E-state index contributed by atoms with van der Waals surface area (Å²) in [5.74, 6) is 0.810. The largest absolute Gasteiger partial charge is 0.378 e. The van der Waals surface area contributed by atoms with Crippen LogP contribution in [0.15, 0.2) is 12.8 Å². The highest BCUT2D eigenvalue weighted by Gasteiger charge is 2.31. The van der Waals surface area contributed by atoms with E-state index in [1.54, 1.807) is 0 Å². The highest BCUT2D eigenvalue weighted by molar-refractivity contribution is 4.87. The van der Waals surface area contributed by atoms with Crippen LogP contribution in [0, 0.1) is 11.3 Å². The van der Waals surface area contributed by atoms with Crippen LogP contribution in [0.5, 0.6) is 0 Å². The van der Waals surface area contributed by atoms with Gasteiger partial charge in [0.2, 0.25) is 0 Å². The first-order chi connectivity index (χ1) is 5.58. The van der Waals surface area contributed by atoms with E-state index in [0.717, 1.165) is 5.92 Å². The summed E-state index contributed by atoms with van der Waals surface area (Å²) in [4.78, 5) is 2.32. The van der Waals surface area contributed by atoms with Gasteiger partial charge in [0.1, 0.15) is 0 Å². The van der Waals surface area contributed by atoms with Crippen LogP contribution in [0.1, 0.15) is 33.6 Å². The second-order valence-electron chi connectivity index (χ2n) is 4.53. The van der Waals surface area contributed by atoms with Gasteiger partial charge < -0.3 is 4.90 Å². The summed E-state index contributed by atoms with van der Waals surface area (Å²) in [6.07, 6.45) is 4.60. The molecule has 70 valence electrons. The third-order valence-corrected chi connectivity index (χ3v) is 3.59. The lowest BCUT2D eigenvalue weighted by Crippen LogP contribution is -2.38. The first-order valence-electron chi connectivity index (χ1n) is 4.95. The van der Waals surface area contributed by atoms with Crippen LogP contribution in [0.25, 0.3) is 0 Å². The summed E-state index contributed by atoms with van der Waals surface area (Å²) < 4.78 is 0. The summed E-state index contributed by atoms with van der Waals surface area (Å²) >= 11 is 0. The molecule has 1 heterocycles. The number of nitrogens with zero attached hydrogens (tertiary/aromatic N) is 1. The van der Waals surface area contributed by atoms with Crippen molar-refractivity contribution in [2.45, 2.75) is 33.6 Å². The van der Waals surface area contributed by atoms with Gasteiger partial charge in [-0.1, -0.05) is 27.4 Å². The van der Waals surface area contributed by atoms with Crippen molar-refractivity contribution in [1.82, 2.24) is 4.90 Å². The molecule has 1 fully saturated rings. The first-order valence-corrected chi connectivity index (χ1v) is 4.95. The minimum atomic E-state index is 0.569. The monoisotopic (exact) mass is 167 g/mol. The lowest BCUT2D eigenvalue weighted by atomic mass is 9.72. The fourth-order valence-corrected chi connectivity index (χ4v) is 1.79. The first kappa shape index (κ1) is 9.63. The molecule has 0 radical (unpaired) electrons. The van der Waals surface area contributed by atoms with Crippen molar-refractivity contribution in [1.29, 1.82) is 0 Å². The normalized spacial score (nSPS) is 22.8. The van der Waals surface area contributed by atoms with Crippen molar-refractivity contribution < 1.29 is 0 Å². The van der Waals surface area contributed by atoms with E-state index in [-0.39, 0.29) is 0 Å². The Morgan fingerprint density at radius 3 is 2.17 bits per heavy atom. The van der Waals surface area contributed by atoms with E-state index in [2.05, 4.69) is 32.3 Å². The van der Waals surface area contributed by atoms with Crippen LogP contribution in [-0.4, -0.2) is 18.0 Å². The average molecular weight is 167 g/mol. The maximum atomic E-state index is 3.80. The van der Waals surface area contributed by atoms with Crippen molar-refractivity contribution in [3.05, 3.63) is 12.8 Å². The van der Waals surface area contributed by atoms with Gasteiger partial charge in [-0.3, -0.25) is 0 Å². The van der Waals surface area contributed by atoms with E-state index >= 15 is 0 Å². The fraction of sp³-hybridized carbons (Fsp3) is 0.818. The quantitative estimate of drug-likeness (QED) is 0.611. The van der Waals surface area contributed by atoms with Gasteiger partial charge in [0.25, 0.3) is 0 Å². The van der Waals surface area contributed by atoms with Crippen LogP contribution >= 0.6 is 0 Å². The van der Waals surface area contributed by atoms with Crippen molar-refractivity contribution >= 4 is 0 Å². The highest BCUT2D eigenvalue weighted by Crippen LogP contribution is 2.37. The zero-order valence-electron chi connectivity index (χ0n) is 8.64. The molecule has 1 nitrogen and oxygen atoms in total. The van der Waals surface area contributed by atoms with Gasteiger partial charge in [-0.15, -0.1) is 0 Å². The van der Waals surface area contributed by atoms with Gasteiger partial charge >= 0.3 is 0 Å². The van der Waals surface area contributed by atoms with Crippen LogP contribution in [0.4, 0.5) is 0 Å². The fourth-order valence-electron chi connectivity index (χ4n) is 1.79. The summed E-state index contributed by atoms with van der Waals surface area (Å²) in [5.41, 5.74) is 0.569.